The number of imidazole rings is 1. The lowest BCUT2D eigenvalue weighted by Crippen LogP contribution is -2.39. The van der Waals surface area contributed by atoms with Gasteiger partial charge in [0.2, 0.25) is 0 Å². The number of nitrogens with zero attached hydrogens (tertiary/aromatic N) is 4. The molecule has 0 aliphatic carbocycles. The molecule has 3 heterocycles. The van der Waals surface area contributed by atoms with E-state index in [9.17, 15) is 4.79 Å². The van der Waals surface area contributed by atoms with Gasteiger partial charge in [0.1, 0.15) is 18.2 Å². The Labute approximate surface area is 154 Å². The van der Waals surface area contributed by atoms with Crippen LogP contribution in [0.1, 0.15) is 47.3 Å². The van der Waals surface area contributed by atoms with Crippen LogP contribution in [0.3, 0.4) is 0 Å². The molecule has 1 aliphatic rings. The number of rotatable bonds is 7. The number of aliphatic hydroxyl groups excluding tert-OH is 1. The molecule has 26 heavy (non-hydrogen) atoms. The Balaban J connectivity index is 1.65. The fraction of sp³-hybridized carbons (Fsp3) is 0.579. The van der Waals surface area contributed by atoms with E-state index < -0.39 is 0 Å². The van der Waals surface area contributed by atoms with E-state index in [2.05, 4.69) is 28.5 Å². The zero-order valence-corrected chi connectivity index (χ0v) is 15.6. The topological polar surface area (TPSA) is 74.7 Å². The molecule has 7 heteroatoms. The molecule has 1 fully saturated rings. The van der Waals surface area contributed by atoms with Crippen molar-refractivity contribution in [2.45, 2.75) is 38.3 Å². The number of aromatic nitrogens is 2. The number of hydrogen-bond acceptors (Lipinski definition) is 5. The highest BCUT2D eigenvalue weighted by Crippen LogP contribution is 2.27. The van der Waals surface area contributed by atoms with E-state index in [-0.39, 0.29) is 18.4 Å². The van der Waals surface area contributed by atoms with Crippen molar-refractivity contribution < 1.29 is 14.3 Å². The van der Waals surface area contributed by atoms with E-state index in [1.807, 2.05) is 17.3 Å². The predicted molar refractivity (Wildman–Crippen MR) is 97.9 cm³/mol. The largest absolute Gasteiger partial charge is 0.453 e. The number of amides is 1. The van der Waals surface area contributed by atoms with Crippen LogP contribution >= 0.6 is 0 Å². The van der Waals surface area contributed by atoms with Gasteiger partial charge in [-0.2, -0.15) is 0 Å². The highest BCUT2D eigenvalue weighted by atomic mass is 16.4. The zero-order valence-electron chi connectivity index (χ0n) is 15.6. The van der Waals surface area contributed by atoms with Crippen molar-refractivity contribution >= 4 is 5.91 Å². The lowest BCUT2D eigenvalue weighted by molar-refractivity contribution is 0.0666. The van der Waals surface area contributed by atoms with Crippen molar-refractivity contribution in [3.63, 3.8) is 0 Å². The van der Waals surface area contributed by atoms with Gasteiger partial charge < -0.3 is 23.9 Å². The molecule has 0 saturated carbocycles. The SMILES string of the molecule is CN(C)CCCn1ccnc1[C@H]1CCCN(C(=O)c2ccc(CO)o2)C1. The van der Waals surface area contributed by atoms with E-state index in [0.29, 0.717) is 18.1 Å². The van der Waals surface area contributed by atoms with E-state index in [4.69, 9.17) is 9.52 Å². The van der Waals surface area contributed by atoms with Crippen LogP contribution in [-0.2, 0) is 13.2 Å². The second-order valence-electron chi connectivity index (χ2n) is 7.15. The first-order valence-corrected chi connectivity index (χ1v) is 9.23. The lowest BCUT2D eigenvalue weighted by atomic mass is 9.97. The maximum atomic E-state index is 12.7. The number of piperidine rings is 1. The third kappa shape index (κ3) is 4.34. The van der Waals surface area contributed by atoms with Crippen LogP contribution in [0.5, 0.6) is 0 Å². The van der Waals surface area contributed by atoms with Crippen molar-refractivity contribution in [1.82, 2.24) is 19.4 Å². The summed E-state index contributed by atoms with van der Waals surface area (Å²) in [5.74, 6) is 1.91. The second kappa shape index (κ2) is 8.51. The summed E-state index contributed by atoms with van der Waals surface area (Å²) in [7, 11) is 4.16. The van der Waals surface area contributed by atoms with Crippen molar-refractivity contribution in [3.05, 3.63) is 41.9 Å². The number of aryl methyl sites for hydroxylation is 1. The number of carbonyl (C=O) groups excluding carboxylic acids is 1. The summed E-state index contributed by atoms with van der Waals surface area (Å²) in [5, 5.41) is 9.11. The Bertz CT molecular complexity index is 722. The molecule has 0 aromatic carbocycles. The Morgan fingerprint density at radius 2 is 2.27 bits per heavy atom. The smallest absolute Gasteiger partial charge is 0.289 e. The average molecular weight is 360 g/mol. The highest BCUT2D eigenvalue weighted by Gasteiger charge is 2.29. The molecule has 2 aromatic heterocycles. The Kier molecular flexibility index (Phi) is 6.11. The summed E-state index contributed by atoms with van der Waals surface area (Å²) in [6.45, 7) is 3.17. The van der Waals surface area contributed by atoms with Gasteiger partial charge >= 0.3 is 0 Å². The van der Waals surface area contributed by atoms with Crippen LogP contribution in [0.25, 0.3) is 0 Å². The molecule has 0 radical (unpaired) electrons. The van der Waals surface area contributed by atoms with Gasteiger partial charge in [0.15, 0.2) is 5.76 Å². The van der Waals surface area contributed by atoms with Crippen LogP contribution < -0.4 is 0 Å². The summed E-state index contributed by atoms with van der Waals surface area (Å²) >= 11 is 0. The molecule has 3 rings (SSSR count). The zero-order chi connectivity index (χ0) is 18.5. The maximum absolute atomic E-state index is 12.7. The quantitative estimate of drug-likeness (QED) is 0.817. The third-order valence-corrected chi connectivity index (χ3v) is 4.85. The minimum Gasteiger partial charge on any atom is -0.453 e. The molecule has 1 aliphatic heterocycles. The Hall–Kier alpha value is -2.12. The molecule has 0 spiro atoms. The molecule has 1 N–H and O–H groups in total. The lowest BCUT2D eigenvalue weighted by Gasteiger charge is -2.32. The van der Waals surface area contributed by atoms with Crippen LogP contribution in [0, 0.1) is 0 Å². The van der Waals surface area contributed by atoms with Gasteiger partial charge in [-0.25, -0.2) is 4.98 Å². The first-order valence-electron chi connectivity index (χ1n) is 9.23. The average Bonchev–Trinajstić information content (AvgIpc) is 3.30. The van der Waals surface area contributed by atoms with Gasteiger partial charge in [0, 0.05) is 37.9 Å². The molecule has 1 amide bonds. The van der Waals surface area contributed by atoms with E-state index >= 15 is 0 Å². The van der Waals surface area contributed by atoms with Gasteiger partial charge in [-0.1, -0.05) is 0 Å². The fourth-order valence-corrected chi connectivity index (χ4v) is 3.53. The maximum Gasteiger partial charge on any atom is 0.289 e. The standard InChI is InChI=1S/C19H28N4O3/c1-21(2)9-4-11-22-12-8-20-18(22)15-5-3-10-23(13-15)19(25)17-7-6-16(14-24)26-17/h6-8,12,15,24H,3-5,9-11,13-14H2,1-2H3/t15-/m0/s1. The molecule has 7 nitrogen and oxygen atoms in total. The highest BCUT2D eigenvalue weighted by molar-refractivity contribution is 5.91. The molecule has 0 bridgehead atoms. The molecule has 2 aromatic rings. The summed E-state index contributed by atoms with van der Waals surface area (Å²) < 4.78 is 7.63. The van der Waals surface area contributed by atoms with E-state index in [1.165, 1.54) is 0 Å². The van der Waals surface area contributed by atoms with Gasteiger partial charge in [-0.3, -0.25) is 4.79 Å². The fourth-order valence-electron chi connectivity index (χ4n) is 3.53. The third-order valence-electron chi connectivity index (χ3n) is 4.85. The van der Waals surface area contributed by atoms with Crippen molar-refractivity contribution in [3.8, 4) is 0 Å². The van der Waals surface area contributed by atoms with Crippen LogP contribution in [0.2, 0.25) is 0 Å². The summed E-state index contributed by atoms with van der Waals surface area (Å²) in [5.41, 5.74) is 0. The summed E-state index contributed by atoms with van der Waals surface area (Å²) in [6, 6.07) is 3.28. The number of aliphatic hydroxyl groups is 1. The van der Waals surface area contributed by atoms with Crippen LogP contribution in [-0.4, -0.2) is 64.1 Å². The number of likely N-dealkylation sites (tertiary alicyclic amines) is 1. The molecular formula is C19H28N4O3. The van der Waals surface area contributed by atoms with Gasteiger partial charge in [0.25, 0.3) is 5.91 Å². The second-order valence-corrected chi connectivity index (χ2v) is 7.15. The minimum atomic E-state index is -0.194. The Morgan fingerprint density at radius 1 is 1.42 bits per heavy atom. The number of hydrogen-bond donors (Lipinski definition) is 1. The Morgan fingerprint density at radius 3 is 3.00 bits per heavy atom. The minimum absolute atomic E-state index is 0.111. The van der Waals surface area contributed by atoms with Crippen LogP contribution in [0.15, 0.2) is 28.9 Å². The van der Waals surface area contributed by atoms with Crippen molar-refractivity contribution in [1.29, 1.82) is 0 Å². The first-order chi connectivity index (χ1) is 12.6. The van der Waals surface area contributed by atoms with E-state index in [0.717, 1.165) is 44.7 Å². The predicted octanol–water partition coefficient (Wildman–Crippen LogP) is 1.94. The van der Waals surface area contributed by atoms with Crippen molar-refractivity contribution in [2.75, 3.05) is 33.7 Å². The summed E-state index contributed by atoms with van der Waals surface area (Å²) in [6.07, 6.45) is 6.95. The summed E-state index contributed by atoms with van der Waals surface area (Å²) in [4.78, 5) is 21.3. The normalized spacial score (nSPS) is 17.8. The first kappa shape index (κ1) is 18.7. The van der Waals surface area contributed by atoms with Gasteiger partial charge in [-0.05, 0) is 52.0 Å². The van der Waals surface area contributed by atoms with Crippen LogP contribution in [0.4, 0.5) is 0 Å². The number of furan rings is 1. The molecule has 142 valence electrons. The monoisotopic (exact) mass is 360 g/mol. The molecule has 1 atom stereocenters. The number of carbonyl (C=O) groups is 1. The van der Waals surface area contributed by atoms with Crippen molar-refractivity contribution in [2.24, 2.45) is 0 Å². The molecule has 1 saturated heterocycles. The molecular weight excluding hydrogens is 332 g/mol. The molecule has 0 unspecified atom stereocenters. The van der Waals surface area contributed by atoms with Gasteiger partial charge in [0.05, 0.1) is 0 Å². The van der Waals surface area contributed by atoms with E-state index in [1.54, 1.807) is 12.1 Å². The van der Waals surface area contributed by atoms with Gasteiger partial charge in [-0.15, -0.1) is 0 Å².